The molecule has 0 spiro atoms. The molecule has 0 saturated heterocycles. The van der Waals surface area contributed by atoms with Gasteiger partial charge in [-0.05, 0) is 60.4 Å². The second-order valence-electron chi connectivity index (χ2n) is 7.42. The highest BCUT2D eigenvalue weighted by Crippen LogP contribution is 2.44. The number of aromatic nitrogens is 1. The molecule has 0 bridgehead atoms. The van der Waals surface area contributed by atoms with Crippen molar-refractivity contribution >= 4 is 28.7 Å². The highest BCUT2D eigenvalue weighted by atomic mass is 32.2. The van der Waals surface area contributed by atoms with Crippen molar-refractivity contribution < 1.29 is 14.2 Å². The van der Waals surface area contributed by atoms with E-state index in [0.717, 1.165) is 62.2 Å². The minimum absolute atomic E-state index is 0.238. The summed E-state index contributed by atoms with van der Waals surface area (Å²) >= 11 is 3.16. The molecule has 6 heteroatoms. The van der Waals surface area contributed by atoms with Gasteiger partial charge in [-0.15, -0.1) is 11.3 Å². The lowest BCUT2D eigenvalue weighted by molar-refractivity contribution is 0.0481. The molecule has 2 aromatic carbocycles. The number of benzene rings is 2. The summed E-state index contributed by atoms with van der Waals surface area (Å²) in [4.78, 5) is 6.53. The van der Waals surface area contributed by atoms with Crippen LogP contribution < -0.4 is 4.74 Å². The van der Waals surface area contributed by atoms with Crippen molar-refractivity contribution in [2.24, 2.45) is 0 Å². The number of nitrogens with zero attached hydrogens (tertiary/aromatic N) is 1. The maximum absolute atomic E-state index is 13.3. The zero-order valence-electron chi connectivity index (χ0n) is 15.7. The van der Waals surface area contributed by atoms with Gasteiger partial charge in [-0.2, -0.15) is 0 Å². The molecule has 5 rings (SSSR count). The second kappa shape index (κ2) is 7.59. The smallest absolute Gasteiger partial charge is 0.154 e. The Kier molecular flexibility index (Phi) is 4.94. The van der Waals surface area contributed by atoms with Gasteiger partial charge in [-0.3, -0.25) is 0 Å². The van der Waals surface area contributed by atoms with Gasteiger partial charge in [0.2, 0.25) is 0 Å². The van der Waals surface area contributed by atoms with Gasteiger partial charge in [0.05, 0.1) is 4.88 Å². The number of hydrogen-bond acceptors (Lipinski definition) is 5. The summed E-state index contributed by atoms with van der Waals surface area (Å²) in [6.45, 7) is 0.488. The predicted octanol–water partition coefficient (Wildman–Crippen LogP) is 6.02. The Balaban J connectivity index is 1.38. The molecule has 148 valence electrons. The molecule has 2 aliphatic rings. The first-order chi connectivity index (χ1) is 14.1. The van der Waals surface area contributed by atoms with Gasteiger partial charge in [0, 0.05) is 16.7 Å². The van der Waals surface area contributed by atoms with Crippen LogP contribution in [0.1, 0.15) is 41.7 Å². The van der Waals surface area contributed by atoms with Crippen LogP contribution in [0.4, 0.5) is 4.39 Å². The number of ether oxygens (including phenoxy) is 1. The summed E-state index contributed by atoms with van der Waals surface area (Å²) in [6.07, 6.45) is 7.64. The summed E-state index contributed by atoms with van der Waals surface area (Å²) in [7, 11) is 0. The van der Waals surface area contributed by atoms with E-state index in [9.17, 15) is 9.50 Å². The minimum Gasteiger partial charge on any atom is -0.489 e. The van der Waals surface area contributed by atoms with E-state index >= 15 is 0 Å². The van der Waals surface area contributed by atoms with E-state index < -0.39 is 5.60 Å². The number of halogens is 1. The third kappa shape index (κ3) is 3.72. The Morgan fingerprint density at radius 3 is 2.69 bits per heavy atom. The molecule has 1 N–H and O–H groups in total. The molecule has 0 unspecified atom stereocenters. The van der Waals surface area contributed by atoms with Crippen LogP contribution in [0.25, 0.3) is 5.57 Å². The Morgan fingerprint density at radius 1 is 1.10 bits per heavy atom. The summed E-state index contributed by atoms with van der Waals surface area (Å²) in [5.74, 6) is 0.585. The number of aliphatic hydroxyl groups is 1. The molecule has 1 aromatic heterocycles. The zero-order valence-corrected chi connectivity index (χ0v) is 17.4. The van der Waals surface area contributed by atoms with E-state index in [1.54, 1.807) is 35.2 Å². The molecule has 1 fully saturated rings. The first-order valence-electron chi connectivity index (χ1n) is 9.71. The fourth-order valence-electron chi connectivity index (χ4n) is 3.96. The van der Waals surface area contributed by atoms with Gasteiger partial charge < -0.3 is 9.84 Å². The first kappa shape index (κ1) is 18.9. The van der Waals surface area contributed by atoms with E-state index in [4.69, 9.17) is 4.74 Å². The maximum Gasteiger partial charge on any atom is 0.154 e. The summed E-state index contributed by atoms with van der Waals surface area (Å²) < 4.78 is 20.0. The average Bonchev–Trinajstić information content (AvgIpc) is 3.38. The zero-order chi connectivity index (χ0) is 19.8. The van der Waals surface area contributed by atoms with Crippen molar-refractivity contribution in [1.82, 2.24) is 4.98 Å². The molecular formula is C23H20FNO2S2. The predicted molar refractivity (Wildman–Crippen MR) is 114 cm³/mol. The first-order valence-corrected chi connectivity index (χ1v) is 11.3. The molecule has 29 heavy (non-hydrogen) atoms. The van der Waals surface area contributed by atoms with Crippen molar-refractivity contribution in [3.05, 3.63) is 76.6 Å². The summed E-state index contributed by atoms with van der Waals surface area (Å²) in [5, 5.41) is 10.8. The van der Waals surface area contributed by atoms with E-state index in [1.165, 1.54) is 12.1 Å². The molecular weight excluding hydrogens is 405 g/mol. The molecule has 2 heterocycles. The normalized spacial score (nSPS) is 17.5. The van der Waals surface area contributed by atoms with Crippen molar-refractivity contribution in [1.29, 1.82) is 0 Å². The second-order valence-corrected chi connectivity index (χ2v) is 9.78. The monoisotopic (exact) mass is 425 g/mol. The van der Waals surface area contributed by atoms with Gasteiger partial charge in [-0.1, -0.05) is 36.7 Å². The van der Waals surface area contributed by atoms with Gasteiger partial charge in [0.25, 0.3) is 0 Å². The molecule has 1 aliphatic heterocycles. The van der Waals surface area contributed by atoms with E-state index in [2.05, 4.69) is 11.1 Å². The van der Waals surface area contributed by atoms with Gasteiger partial charge >= 0.3 is 0 Å². The number of hydrogen-bond donors (Lipinski definition) is 1. The maximum atomic E-state index is 13.3. The molecule has 3 nitrogen and oxygen atoms in total. The summed E-state index contributed by atoms with van der Waals surface area (Å²) in [6, 6.07) is 12.7. The molecule has 0 amide bonds. The minimum atomic E-state index is -0.690. The van der Waals surface area contributed by atoms with Crippen molar-refractivity contribution in [3.63, 3.8) is 0 Å². The third-order valence-electron chi connectivity index (χ3n) is 5.50. The highest BCUT2D eigenvalue weighted by Gasteiger charge is 2.35. The van der Waals surface area contributed by atoms with Gasteiger partial charge in [-0.25, -0.2) is 9.37 Å². The van der Waals surface area contributed by atoms with Crippen LogP contribution in [0.3, 0.4) is 0 Å². The fourth-order valence-corrected chi connectivity index (χ4v) is 6.09. The lowest BCUT2D eigenvalue weighted by Gasteiger charge is -2.20. The van der Waals surface area contributed by atoms with Crippen molar-refractivity contribution in [2.75, 3.05) is 6.61 Å². The molecule has 3 aromatic rings. The van der Waals surface area contributed by atoms with Crippen LogP contribution in [-0.4, -0.2) is 16.7 Å². The molecule has 0 atom stereocenters. The Labute approximate surface area is 177 Å². The van der Waals surface area contributed by atoms with Crippen molar-refractivity contribution in [2.45, 2.75) is 40.5 Å². The van der Waals surface area contributed by atoms with Crippen LogP contribution in [-0.2, 0) is 5.60 Å². The lowest BCUT2D eigenvalue weighted by atomic mass is 9.95. The fraction of sp³-hybridized carbons (Fsp3) is 0.261. The van der Waals surface area contributed by atoms with Crippen LogP contribution in [0, 0.1) is 5.82 Å². The number of thiazole rings is 1. The van der Waals surface area contributed by atoms with E-state index in [-0.39, 0.29) is 5.82 Å². The third-order valence-corrected chi connectivity index (χ3v) is 7.76. The Hall–Kier alpha value is -2.15. The largest absolute Gasteiger partial charge is 0.489 e. The molecule has 1 aliphatic carbocycles. The topological polar surface area (TPSA) is 42.4 Å². The average molecular weight is 426 g/mol. The Bertz CT molecular complexity index is 1070. The van der Waals surface area contributed by atoms with Crippen LogP contribution in [0.5, 0.6) is 5.75 Å². The Morgan fingerprint density at radius 2 is 1.90 bits per heavy atom. The SMILES string of the molecule is OC1(c2cnc(Sc3ccc4c(c3)OCC=C4c3ccc(F)cc3)s2)CCCC1. The number of fused-ring (bicyclic) bond motifs is 1. The molecule has 0 radical (unpaired) electrons. The van der Waals surface area contributed by atoms with Crippen LogP contribution >= 0.6 is 23.1 Å². The van der Waals surface area contributed by atoms with Gasteiger partial charge in [0.15, 0.2) is 4.34 Å². The highest BCUT2D eigenvalue weighted by molar-refractivity contribution is 8.01. The summed E-state index contributed by atoms with van der Waals surface area (Å²) in [5.41, 5.74) is 2.35. The van der Waals surface area contributed by atoms with Crippen LogP contribution in [0.15, 0.2) is 64.0 Å². The standard InChI is InChI=1S/C23H20FNO2S2/c24-16-5-3-15(4-6-16)18-9-12-27-20-13-17(7-8-19(18)20)28-22-25-14-21(29-22)23(26)10-1-2-11-23/h3-9,13-14,26H,1-2,10-12H2. The molecule has 1 saturated carbocycles. The van der Waals surface area contributed by atoms with Crippen LogP contribution in [0.2, 0.25) is 0 Å². The van der Waals surface area contributed by atoms with E-state index in [1.807, 2.05) is 24.4 Å². The lowest BCUT2D eigenvalue weighted by Crippen LogP contribution is -2.18. The van der Waals surface area contributed by atoms with E-state index in [0.29, 0.717) is 6.61 Å². The number of rotatable bonds is 4. The van der Waals surface area contributed by atoms with Crippen molar-refractivity contribution in [3.8, 4) is 5.75 Å². The van der Waals surface area contributed by atoms with Gasteiger partial charge in [0.1, 0.15) is 23.8 Å². The quantitative estimate of drug-likeness (QED) is 0.555.